The zero-order valence-electron chi connectivity index (χ0n) is 16.0. The molecule has 0 aliphatic carbocycles. The number of rotatable bonds is 7. The normalized spacial score (nSPS) is 11.8. The van der Waals surface area contributed by atoms with Crippen LogP contribution in [0.25, 0.3) is 5.65 Å². The predicted molar refractivity (Wildman–Crippen MR) is 107 cm³/mol. The number of aromatic nitrogens is 3. The molecule has 3 aromatic rings. The van der Waals surface area contributed by atoms with Crippen molar-refractivity contribution in [1.82, 2.24) is 25.2 Å². The molecule has 0 amide bonds. The van der Waals surface area contributed by atoms with Crippen LogP contribution >= 0.6 is 0 Å². The van der Waals surface area contributed by atoms with E-state index < -0.39 is 0 Å². The van der Waals surface area contributed by atoms with Gasteiger partial charge in [-0.1, -0.05) is 38.1 Å². The summed E-state index contributed by atoms with van der Waals surface area (Å²) in [6, 6.07) is 13.9. The number of nitrogens with one attached hydrogen (secondary N) is 2. The molecule has 7 nitrogen and oxygen atoms in total. The quantitative estimate of drug-likeness (QED) is 0.497. The summed E-state index contributed by atoms with van der Waals surface area (Å²) in [5.41, 5.74) is 1.92. The van der Waals surface area contributed by atoms with E-state index >= 15 is 0 Å². The number of pyridine rings is 1. The number of hydrogen-bond donors (Lipinski definition) is 2. The number of ether oxygens (including phenoxy) is 1. The molecule has 0 spiro atoms. The fraction of sp³-hybridized carbons (Fsp3) is 0.350. The summed E-state index contributed by atoms with van der Waals surface area (Å²) < 4.78 is 7.86. The first kappa shape index (κ1) is 18.7. The molecule has 0 fully saturated rings. The second-order valence-corrected chi connectivity index (χ2v) is 6.64. The van der Waals surface area contributed by atoms with Crippen molar-refractivity contribution in [1.29, 1.82) is 0 Å². The molecule has 0 aliphatic rings. The Bertz CT molecular complexity index is 902. The molecule has 27 heavy (non-hydrogen) atoms. The molecular formula is C20H26N6O. The molecule has 2 N–H and O–H groups in total. The van der Waals surface area contributed by atoms with Gasteiger partial charge in [0.1, 0.15) is 5.75 Å². The van der Waals surface area contributed by atoms with Crippen molar-refractivity contribution in [3.8, 4) is 5.75 Å². The maximum Gasteiger partial charge on any atom is 0.191 e. The molecule has 0 saturated heterocycles. The van der Waals surface area contributed by atoms with Crippen molar-refractivity contribution in [2.75, 3.05) is 13.7 Å². The highest BCUT2D eigenvalue weighted by molar-refractivity contribution is 5.79. The maximum absolute atomic E-state index is 5.91. The van der Waals surface area contributed by atoms with Crippen LogP contribution in [0.3, 0.4) is 0 Å². The summed E-state index contributed by atoms with van der Waals surface area (Å²) >= 11 is 0. The van der Waals surface area contributed by atoms with Gasteiger partial charge in [0.2, 0.25) is 0 Å². The highest BCUT2D eigenvalue weighted by Gasteiger charge is 2.08. The molecule has 0 unspecified atom stereocenters. The number of benzene rings is 1. The monoisotopic (exact) mass is 366 g/mol. The van der Waals surface area contributed by atoms with E-state index in [2.05, 4.69) is 45.7 Å². The van der Waals surface area contributed by atoms with Crippen LogP contribution in [0, 0.1) is 5.92 Å². The Morgan fingerprint density at radius 1 is 1.07 bits per heavy atom. The van der Waals surface area contributed by atoms with E-state index in [1.54, 1.807) is 7.05 Å². The average molecular weight is 366 g/mol. The molecule has 0 bridgehead atoms. The molecule has 3 rings (SSSR count). The highest BCUT2D eigenvalue weighted by Crippen LogP contribution is 2.18. The van der Waals surface area contributed by atoms with Crippen LogP contribution in [0.2, 0.25) is 0 Å². The van der Waals surface area contributed by atoms with Crippen LogP contribution in [-0.4, -0.2) is 34.2 Å². The van der Waals surface area contributed by atoms with Crippen LogP contribution in [0.15, 0.2) is 53.7 Å². The third kappa shape index (κ3) is 4.97. The molecule has 0 radical (unpaired) electrons. The van der Waals surface area contributed by atoms with E-state index in [0.717, 1.165) is 22.8 Å². The van der Waals surface area contributed by atoms with Gasteiger partial charge >= 0.3 is 0 Å². The van der Waals surface area contributed by atoms with E-state index in [4.69, 9.17) is 4.74 Å². The first-order valence-electron chi connectivity index (χ1n) is 9.11. The van der Waals surface area contributed by atoms with E-state index in [9.17, 15) is 0 Å². The lowest BCUT2D eigenvalue weighted by molar-refractivity contribution is 0.268. The Labute approximate surface area is 159 Å². The van der Waals surface area contributed by atoms with Crippen molar-refractivity contribution in [2.45, 2.75) is 26.9 Å². The highest BCUT2D eigenvalue weighted by atomic mass is 16.5. The molecular weight excluding hydrogens is 340 g/mol. The van der Waals surface area contributed by atoms with Gasteiger partial charge in [-0.15, -0.1) is 10.2 Å². The van der Waals surface area contributed by atoms with E-state index in [-0.39, 0.29) is 0 Å². The second-order valence-electron chi connectivity index (χ2n) is 6.64. The van der Waals surface area contributed by atoms with Crippen LogP contribution in [0.1, 0.15) is 25.2 Å². The standard InChI is InChI=1S/C20H26N6O/c1-15(2)14-27-17-9-5-4-8-16(17)12-22-20(21-3)23-13-19-25-24-18-10-6-7-11-26(18)19/h4-11,15H,12-14H2,1-3H3,(H2,21,22,23). The molecule has 7 heteroatoms. The van der Waals surface area contributed by atoms with Crippen molar-refractivity contribution >= 4 is 11.6 Å². The Morgan fingerprint density at radius 2 is 1.85 bits per heavy atom. The summed E-state index contributed by atoms with van der Waals surface area (Å²) in [5.74, 6) is 2.91. The Hall–Kier alpha value is -3.09. The summed E-state index contributed by atoms with van der Waals surface area (Å²) in [6.07, 6.45) is 1.95. The minimum atomic E-state index is 0.485. The van der Waals surface area contributed by atoms with Crippen molar-refractivity contribution in [3.05, 3.63) is 60.0 Å². The van der Waals surface area contributed by atoms with Gasteiger partial charge in [0.25, 0.3) is 0 Å². The van der Waals surface area contributed by atoms with Crippen molar-refractivity contribution in [3.63, 3.8) is 0 Å². The lowest BCUT2D eigenvalue weighted by atomic mass is 10.2. The van der Waals surface area contributed by atoms with Crippen molar-refractivity contribution < 1.29 is 4.74 Å². The Balaban J connectivity index is 1.58. The topological polar surface area (TPSA) is 75.8 Å². The zero-order chi connectivity index (χ0) is 19.1. The molecule has 0 atom stereocenters. The minimum Gasteiger partial charge on any atom is -0.493 e. The van der Waals surface area contributed by atoms with Gasteiger partial charge in [-0.3, -0.25) is 9.39 Å². The van der Waals surface area contributed by atoms with E-state index in [1.165, 1.54) is 0 Å². The third-order valence-electron chi connectivity index (χ3n) is 4.01. The molecule has 1 aromatic carbocycles. The minimum absolute atomic E-state index is 0.485. The van der Waals surface area contributed by atoms with Gasteiger partial charge in [0, 0.05) is 25.4 Å². The molecule has 2 aromatic heterocycles. The van der Waals surface area contributed by atoms with Crippen LogP contribution in [0.5, 0.6) is 5.75 Å². The largest absolute Gasteiger partial charge is 0.493 e. The molecule has 0 saturated carbocycles. The van der Waals surface area contributed by atoms with Gasteiger partial charge in [0.05, 0.1) is 13.2 Å². The molecule has 142 valence electrons. The average Bonchev–Trinajstić information content (AvgIpc) is 3.10. The number of hydrogen-bond acceptors (Lipinski definition) is 4. The lowest BCUT2D eigenvalue weighted by Gasteiger charge is -2.15. The fourth-order valence-corrected chi connectivity index (χ4v) is 2.62. The third-order valence-corrected chi connectivity index (χ3v) is 4.01. The number of fused-ring (bicyclic) bond motifs is 1. The Morgan fingerprint density at radius 3 is 2.67 bits per heavy atom. The summed E-state index contributed by atoms with van der Waals surface area (Å²) in [6.45, 7) is 6.12. The van der Waals surface area contributed by atoms with Gasteiger partial charge in [-0.05, 0) is 24.1 Å². The Kier molecular flexibility index (Phi) is 6.25. The number of guanidine groups is 1. The number of aliphatic imine (C=N–C) groups is 1. The van der Waals surface area contributed by atoms with E-state index in [1.807, 2.05) is 47.0 Å². The van der Waals surface area contributed by atoms with Crippen LogP contribution < -0.4 is 15.4 Å². The van der Waals surface area contributed by atoms with Crippen LogP contribution in [0.4, 0.5) is 0 Å². The van der Waals surface area contributed by atoms with Gasteiger partial charge in [-0.25, -0.2) is 0 Å². The second kappa shape index (κ2) is 9.02. The SMILES string of the molecule is CN=C(NCc1ccccc1OCC(C)C)NCc1nnc2ccccn12. The summed E-state index contributed by atoms with van der Waals surface area (Å²) in [7, 11) is 1.75. The molecule has 0 aliphatic heterocycles. The molecule has 2 heterocycles. The smallest absolute Gasteiger partial charge is 0.191 e. The predicted octanol–water partition coefficient (Wildman–Crippen LogP) is 2.63. The van der Waals surface area contributed by atoms with E-state index in [0.29, 0.717) is 31.6 Å². The van der Waals surface area contributed by atoms with Gasteiger partial charge in [-0.2, -0.15) is 0 Å². The fourth-order valence-electron chi connectivity index (χ4n) is 2.62. The maximum atomic E-state index is 5.91. The number of para-hydroxylation sites is 1. The first-order valence-corrected chi connectivity index (χ1v) is 9.11. The summed E-state index contributed by atoms with van der Waals surface area (Å²) in [5, 5.41) is 15.0. The van der Waals surface area contributed by atoms with Crippen molar-refractivity contribution in [2.24, 2.45) is 10.9 Å². The number of nitrogens with zero attached hydrogens (tertiary/aromatic N) is 4. The van der Waals surface area contributed by atoms with Gasteiger partial charge in [0.15, 0.2) is 17.4 Å². The van der Waals surface area contributed by atoms with Crippen LogP contribution in [-0.2, 0) is 13.1 Å². The van der Waals surface area contributed by atoms with Gasteiger partial charge < -0.3 is 15.4 Å². The zero-order valence-corrected chi connectivity index (χ0v) is 16.0. The lowest BCUT2D eigenvalue weighted by Crippen LogP contribution is -2.36. The summed E-state index contributed by atoms with van der Waals surface area (Å²) in [4.78, 5) is 4.28. The first-order chi connectivity index (χ1) is 13.2.